The highest BCUT2D eigenvalue weighted by Gasteiger charge is 2.17. The van der Waals surface area contributed by atoms with Gasteiger partial charge in [0.2, 0.25) is 5.43 Å². The Hall–Kier alpha value is -2.50. The van der Waals surface area contributed by atoms with Gasteiger partial charge in [0.05, 0.1) is 24.6 Å². The lowest BCUT2D eigenvalue weighted by atomic mass is 10.1. The normalized spacial score (nSPS) is 10.7. The van der Waals surface area contributed by atoms with Crippen molar-refractivity contribution in [1.29, 1.82) is 0 Å². The van der Waals surface area contributed by atoms with Crippen LogP contribution in [0.1, 0.15) is 30.6 Å². The molecule has 0 saturated heterocycles. The fourth-order valence-electron chi connectivity index (χ4n) is 2.40. The summed E-state index contributed by atoms with van der Waals surface area (Å²) in [4.78, 5) is 23.6. The van der Waals surface area contributed by atoms with Crippen molar-refractivity contribution in [1.82, 2.24) is 4.57 Å². The first-order valence-corrected chi connectivity index (χ1v) is 7.14. The predicted molar refractivity (Wildman–Crippen MR) is 83.2 cm³/mol. The van der Waals surface area contributed by atoms with Crippen molar-refractivity contribution in [3.8, 4) is 11.5 Å². The van der Waals surface area contributed by atoms with Crippen molar-refractivity contribution in [3.63, 3.8) is 0 Å². The first-order valence-electron chi connectivity index (χ1n) is 7.14. The van der Waals surface area contributed by atoms with E-state index < -0.39 is 11.4 Å². The molecule has 0 saturated carbocycles. The van der Waals surface area contributed by atoms with Gasteiger partial charge < -0.3 is 19.1 Å². The molecule has 6 nitrogen and oxygen atoms in total. The van der Waals surface area contributed by atoms with Crippen LogP contribution in [-0.4, -0.2) is 29.4 Å². The van der Waals surface area contributed by atoms with Gasteiger partial charge in [-0.2, -0.15) is 0 Å². The molecule has 0 atom stereocenters. The molecule has 0 aliphatic heterocycles. The quantitative estimate of drug-likeness (QED) is 0.887. The molecule has 0 bridgehead atoms. The Bertz CT molecular complexity index is 763. The zero-order valence-electron chi connectivity index (χ0n) is 12.9. The van der Waals surface area contributed by atoms with Crippen LogP contribution in [-0.2, 0) is 6.54 Å². The number of aromatic nitrogens is 1. The Morgan fingerprint density at radius 1 is 1.27 bits per heavy atom. The fourth-order valence-corrected chi connectivity index (χ4v) is 2.40. The number of benzene rings is 1. The molecule has 1 heterocycles. The lowest BCUT2D eigenvalue weighted by molar-refractivity contribution is 0.0695. The topological polar surface area (TPSA) is 77.8 Å². The number of ether oxygens (including phenoxy) is 2. The number of hydrogen-bond acceptors (Lipinski definition) is 4. The third kappa shape index (κ3) is 2.77. The lowest BCUT2D eigenvalue weighted by Crippen LogP contribution is -2.19. The summed E-state index contributed by atoms with van der Waals surface area (Å²) in [7, 11) is 1.48. The molecule has 0 spiro atoms. The van der Waals surface area contributed by atoms with Gasteiger partial charge in [-0.25, -0.2) is 4.79 Å². The number of aromatic carboxylic acids is 1. The van der Waals surface area contributed by atoms with Crippen LogP contribution in [0, 0.1) is 0 Å². The van der Waals surface area contributed by atoms with E-state index in [1.54, 1.807) is 16.7 Å². The summed E-state index contributed by atoms with van der Waals surface area (Å²) in [5.74, 6) is -0.286. The number of carbonyl (C=O) groups is 1. The average molecular weight is 305 g/mol. The van der Waals surface area contributed by atoms with E-state index in [4.69, 9.17) is 9.47 Å². The number of methoxy groups -OCH3 is 1. The molecule has 0 aliphatic carbocycles. The number of fused-ring (bicyclic) bond motifs is 1. The fraction of sp³-hybridized carbons (Fsp3) is 0.375. The van der Waals surface area contributed by atoms with E-state index in [0.717, 1.165) is 6.42 Å². The van der Waals surface area contributed by atoms with Crippen molar-refractivity contribution in [3.05, 3.63) is 34.1 Å². The van der Waals surface area contributed by atoms with Crippen LogP contribution in [0.15, 0.2) is 23.1 Å². The first kappa shape index (κ1) is 15.9. The van der Waals surface area contributed by atoms with Crippen LogP contribution in [0.25, 0.3) is 10.9 Å². The van der Waals surface area contributed by atoms with Gasteiger partial charge in [-0.1, -0.05) is 6.92 Å². The molecule has 6 heteroatoms. The van der Waals surface area contributed by atoms with Crippen molar-refractivity contribution in [2.24, 2.45) is 0 Å². The van der Waals surface area contributed by atoms with Crippen LogP contribution in [0.5, 0.6) is 11.5 Å². The zero-order chi connectivity index (χ0) is 16.3. The lowest BCUT2D eigenvalue weighted by Gasteiger charge is -2.15. The first-order chi connectivity index (χ1) is 10.5. The van der Waals surface area contributed by atoms with Gasteiger partial charge in [0, 0.05) is 18.8 Å². The second-order valence-corrected chi connectivity index (χ2v) is 4.82. The number of pyridine rings is 1. The number of aryl methyl sites for hydroxylation is 1. The molecular weight excluding hydrogens is 286 g/mol. The van der Waals surface area contributed by atoms with Crippen molar-refractivity contribution >= 4 is 16.9 Å². The molecule has 1 aromatic carbocycles. The maximum absolute atomic E-state index is 12.4. The van der Waals surface area contributed by atoms with Crippen LogP contribution < -0.4 is 14.9 Å². The number of hydrogen-bond donors (Lipinski definition) is 1. The molecule has 0 unspecified atom stereocenters. The average Bonchev–Trinajstić information content (AvgIpc) is 2.49. The van der Waals surface area contributed by atoms with E-state index >= 15 is 0 Å². The van der Waals surface area contributed by atoms with Gasteiger partial charge in [-0.05, 0) is 19.4 Å². The Kier molecular flexibility index (Phi) is 4.70. The molecule has 2 aromatic rings. The standard InChI is InChI=1S/C16H19NO5/c1-4-6-17-9-11(16(19)20)15(18)10-7-13(21-3)14(22-5-2)8-12(10)17/h7-9H,4-6H2,1-3H3,(H,19,20). The van der Waals surface area contributed by atoms with E-state index in [1.165, 1.54) is 13.3 Å². The Balaban J connectivity index is 2.85. The summed E-state index contributed by atoms with van der Waals surface area (Å²) in [5, 5.41) is 9.53. The molecule has 0 amide bonds. The molecule has 1 aromatic heterocycles. The molecule has 22 heavy (non-hydrogen) atoms. The summed E-state index contributed by atoms with van der Waals surface area (Å²) in [5.41, 5.74) is -0.121. The van der Waals surface area contributed by atoms with Gasteiger partial charge in [0.25, 0.3) is 0 Å². The van der Waals surface area contributed by atoms with E-state index in [1.807, 2.05) is 13.8 Å². The number of nitrogens with zero attached hydrogens (tertiary/aromatic N) is 1. The summed E-state index contributed by atoms with van der Waals surface area (Å²) in [6, 6.07) is 3.27. The highest BCUT2D eigenvalue weighted by Crippen LogP contribution is 2.31. The van der Waals surface area contributed by atoms with Gasteiger partial charge in [0.15, 0.2) is 11.5 Å². The molecule has 118 valence electrons. The minimum atomic E-state index is -1.23. The number of carboxylic acid groups (broad SMARTS) is 1. The van der Waals surface area contributed by atoms with Crippen LogP contribution >= 0.6 is 0 Å². The molecule has 0 aliphatic rings. The van der Waals surface area contributed by atoms with Crippen LogP contribution in [0.4, 0.5) is 0 Å². The molecule has 0 fully saturated rings. The van der Waals surface area contributed by atoms with Crippen molar-refractivity contribution in [2.45, 2.75) is 26.8 Å². The highest BCUT2D eigenvalue weighted by atomic mass is 16.5. The van der Waals surface area contributed by atoms with Crippen molar-refractivity contribution < 1.29 is 19.4 Å². The van der Waals surface area contributed by atoms with E-state index in [-0.39, 0.29) is 5.56 Å². The second-order valence-electron chi connectivity index (χ2n) is 4.82. The third-order valence-electron chi connectivity index (χ3n) is 3.36. The Morgan fingerprint density at radius 3 is 2.55 bits per heavy atom. The Labute approximate surface area is 127 Å². The molecule has 0 radical (unpaired) electrons. The van der Waals surface area contributed by atoms with Crippen molar-refractivity contribution in [2.75, 3.05) is 13.7 Å². The maximum atomic E-state index is 12.4. The Morgan fingerprint density at radius 2 is 2.00 bits per heavy atom. The van der Waals surface area contributed by atoms with E-state index in [2.05, 4.69) is 0 Å². The third-order valence-corrected chi connectivity index (χ3v) is 3.36. The van der Waals surface area contributed by atoms with Crippen LogP contribution in [0.3, 0.4) is 0 Å². The summed E-state index contributed by atoms with van der Waals surface area (Å²) in [6.45, 7) is 4.91. The van der Waals surface area contributed by atoms with Gasteiger partial charge in [0.1, 0.15) is 5.56 Å². The van der Waals surface area contributed by atoms with Gasteiger partial charge >= 0.3 is 5.97 Å². The minimum Gasteiger partial charge on any atom is -0.493 e. The van der Waals surface area contributed by atoms with E-state index in [0.29, 0.717) is 35.6 Å². The summed E-state index contributed by atoms with van der Waals surface area (Å²) >= 11 is 0. The van der Waals surface area contributed by atoms with Gasteiger partial charge in [-0.3, -0.25) is 4.79 Å². The second kappa shape index (κ2) is 6.51. The zero-order valence-corrected chi connectivity index (χ0v) is 12.9. The minimum absolute atomic E-state index is 0.243. The number of carboxylic acids is 1. The molecular formula is C16H19NO5. The SMILES string of the molecule is CCCn1cc(C(=O)O)c(=O)c2cc(OC)c(OCC)cc21. The molecule has 2 rings (SSSR count). The number of rotatable bonds is 6. The van der Waals surface area contributed by atoms with Crippen LogP contribution in [0.2, 0.25) is 0 Å². The maximum Gasteiger partial charge on any atom is 0.341 e. The smallest absolute Gasteiger partial charge is 0.341 e. The summed E-state index contributed by atoms with van der Waals surface area (Å²) in [6.07, 6.45) is 2.20. The largest absolute Gasteiger partial charge is 0.493 e. The highest BCUT2D eigenvalue weighted by molar-refractivity contribution is 5.93. The predicted octanol–water partition coefficient (Wildman–Crippen LogP) is 2.52. The summed E-state index contributed by atoms with van der Waals surface area (Å²) < 4.78 is 12.5. The van der Waals surface area contributed by atoms with Gasteiger partial charge in [-0.15, -0.1) is 0 Å². The van der Waals surface area contributed by atoms with E-state index in [9.17, 15) is 14.7 Å². The monoisotopic (exact) mass is 305 g/mol. The molecule has 1 N–H and O–H groups in total.